The van der Waals surface area contributed by atoms with Crippen LogP contribution >= 0.6 is 0 Å². The summed E-state index contributed by atoms with van der Waals surface area (Å²) in [5, 5.41) is 4.80. The molecule has 2 heterocycles. The van der Waals surface area contributed by atoms with Crippen LogP contribution in [0.3, 0.4) is 0 Å². The molecule has 2 aromatic rings. The average molecular weight is 300 g/mol. The number of anilines is 1. The third-order valence-corrected chi connectivity index (χ3v) is 5.27. The van der Waals surface area contributed by atoms with Gasteiger partial charge in [-0.2, -0.15) is 0 Å². The molecule has 0 bridgehead atoms. The summed E-state index contributed by atoms with van der Waals surface area (Å²) in [4.78, 5) is 11.2. The van der Waals surface area contributed by atoms with Crippen molar-refractivity contribution in [2.75, 3.05) is 19.4 Å². The molecule has 0 amide bonds. The Morgan fingerprint density at radius 1 is 1.14 bits per heavy atom. The molecule has 0 aliphatic heterocycles. The number of fused-ring (bicyclic) bond motifs is 3. The number of nitrogens with zero attached hydrogens (tertiary/aromatic N) is 3. The van der Waals surface area contributed by atoms with E-state index in [1.807, 2.05) is 0 Å². The molecule has 0 aromatic carbocycles. The van der Waals surface area contributed by atoms with Crippen molar-refractivity contribution in [1.82, 2.24) is 14.9 Å². The van der Waals surface area contributed by atoms with Crippen LogP contribution in [0, 0.1) is 0 Å². The maximum absolute atomic E-state index is 5.89. The summed E-state index contributed by atoms with van der Waals surface area (Å²) >= 11 is 0. The quantitative estimate of drug-likeness (QED) is 0.944. The highest BCUT2D eigenvalue weighted by atomic mass is 16.3. The summed E-state index contributed by atoms with van der Waals surface area (Å²) < 4.78 is 5.89. The van der Waals surface area contributed by atoms with Gasteiger partial charge in [-0.15, -0.1) is 0 Å². The molecule has 2 aromatic heterocycles. The molecule has 0 radical (unpaired) electrons. The predicted octanol–water partition coefficient (Wildman–Crippen LogP) is 3.00. The zero-order chi connectivity index (χ0) is 15.1. The van der Waals surface area contributed by atoms with Crippen LogP contribution in [-0.4, -0.2) is 41.0 Å². The monoisotopic (exact) mass is 300 g/mol. The molecule has 1 saturated carbocycles. The van der Waals surface area contributed by atoms with Gasteiger partial charge in [-0.05, 0) is 52.6 Å². The summed E-state index contributed by atoms with van der Waals surface area (Å²) in [6.07, 6.45) is 9.85. The summed E-state index contributed by atoms with van der Waals surface area (Å²) in [6.45, 7) is 0. The zero-order valence-electron chi connectivity index (χ0n) is 13.4. The van der Waals surface area contributed by atoms with E-state index in [4.69, 9.17) is 4.42 Å². The molecule has 2 aliphatic carbocycles. The first-order chi connectivity index (χ1) is 10.7. The normalized spacial score (nSPS) is 24.9. The fraction of sp³-hybridized carbons (Fsp3) is 0.647. The smallest absolute Gasteiger partial charge is 0.231 e. The van der Waals surface area contributed by atoms with Crippen molar-refractivity contribution in [1.29, 1.82) is 0 Å². The summed E-state index contributed by atoms with van der Waals surface area (Å²) in [6, 6.07) is 1.24. The van der Waals surface area contributed by atoms with Crippen molar-refractivity contribution in [2.45, 2.75) is 57.0 Å². The molecule has 4 rings (SSSR count). The Balaban J connectivity index is 1.55. The molecule has 2 aliphatic rings. The third-order valence-electron chi connectivity index (χ3n) is 5.27. The van der Waals surface area contributed by atoms with Crippen molar-refractivity contribution < 1.29 is 4.42 Å². The summed E-state index contributed by atoms with van der Waals surface area (Å²) in [7, 11) is 4.36. The Bertz CT molecular complexity index is 671. The van der Waals surface area contributed by atoms with Gasteiger partial charge in [-0.1, -0.05) is 0 Å². The topological polar surface area (TPSA) is 54.2 Å². The number of furan rings is 1. The Labute approximate surface area is 131 Å². The lowest BCUT2D eigenvalue weighted by Crippen LogP contribution is -2.36. The number of rotatable bonds is 3. The second-order valence-corrected chi connectivity index (χ2v) is 6.87. The lowest BCUT2D eigenvalue weighted by Gasteiger charge is -2.33. The van der Waals surface area contributed by atoms with Crippen LogP contribution in [0.15, 0.2) is 10.7 Å². The van der Waals surface area contributed by atoms with E-state index in [0.29, 0.717) is 6.04 Å². The van der Waals surface area contributed by atoms with E-state index in [1.165, 1.54) is 37.7 Å². The number of hydrogen-bond donors (Lipinski definition) is 1. The van der Waals surface area contributed by atoms with Gasteiger partial charge in [0.25, 0.3) is 0 Å². The van der Waals surface area contributed by atoms with Crippen LogP contribution in [-0.2, 0) is 12.8 Å². The molecule has 0 unspecified atom stereocenters. The van der Waals surface area contributed by atoms with Gasteiger partial charge in [-0.3, -0.25) is 0 Å². The van der Waals surface area contributed by atoms with Gasteiger partial charge >= 0.3 is 0 Å². The minimum Gasteiger partial charge on any atom is -0.442 e. The third kappa shape index (κ3) is 2.37. The van der Waals surface area contributed by atoms with Crippen molar-refractivity contribution in [3.8, 4) is 0 Å². The maximum Gasteiger partial charge on any atom is 0.231 e. The average Bonchev–Trinajstić information content (AvgIpc) is 3.08. The van der Waals surface area contributed by atoms with Gasteiger partial charge in [0.15, 0.2) is 0 Å². The van der Waals surface area contributed by atoms with Gasteiger partial charge in [0.1, 0.15) is 17.9 Å². The van der Waals surface area contributed by atoms with Crippen LogP contribution in [0.5, 0.6) is 0 Å². The van der Waals surface area contributed by atoms with Gasteiger partial charge < -0.3 is 14.6 Å². The molecule has 0 saturated heterocycles. The molecule has 0 atom stereocenters. The van der Waals surface area contributed by atoms with Crippen molar-refractivity contribution in [2.24, 2.45) is 0 Å². The van der Waals surface area contributed by atoms with Crippen molar-refractivity contribution in [3.05, 3.63) is 17.7 Å². The lowest BCUT2D eigenvalue weighted by atomic mass is 9.90. The van der Waals surface area contributed by atoms with E-state index in [1.54, 1.807) is 6.33 Å². The van der Waals surface area contributed by atoms with Crippen molar-refractivity contribution >= 4 is 16.9 Å². The molecular formula is C17H24N4O. The largest absolute Gasteiger partial charge is 0.442 e. The SMILES string of the molecule is CN(C)C1CCC(Nc2ncnc3oc4c(c23)CCC4)CC1. The van der Waals surface area contributed by atoms with E-state index < -0.39 is 0 Å². The Morgan fingerprint density at radius 2 is 1.95 bits per heavy atom. The lowest BCUT2D eigenvalue weighted by molar-refractivity contribution is 0.221. The molecule has 1 fully saturated rings. The molecule has 22 heavy (non-hydrogen) atoms. The fourth-order valence-electron chi connectivity index (χ4n) is 3.97. The Hall–Kier alpha value is -1.62. The van der Waals surface area contributed by atoms with E-state index in [0.717, 1.165) is 41.6 Å². The second kappa shape index (κ2) is 5.54. The number of aryl methyl sites for hydroxylation is 2. The highest BCUT2D eigenvalue weighted by Gasteiger charge is 2.26. The van der Waals surface area contributed by atoms with Crippen LogP contribution in [0.25, 0.3) is 11.1 Å². The number of nitrogens with one attached hydrogen (secondary N) is 1. The minimum absolute atomic E-state index is 0.515. The molecule has 118 valence electrons. The Morgan fingerprint density at radius 3 is 2.73 bits per heavy atom. The van der Waals surface area contributed by atoms with E-state index in [2.05, 4.69) is 34.3 Å². The minimum atomic E-state index is 0.515. The molecule has 0 spiro atoms. The molecule has 5 nitrogen and oxygen atoms in total. The molecular weight excluding hydrogens is 276 g/mol. The summed E-state index contributed by atoms with van der Waals surface area (Å²) in [5.41, 5.74) is 2.09. The van der Waals surface area contributed by atoms with E-state index >= 15 is 0 Å². The highest BCUT2D eigenvalue weighted by molar-refractivity contribution is 5.90. The second-order valence-electron chi connectivity index (χ2n) is 6.87. The van der Waals surface area contributed by atoms with Crippen LogP contribution in [0.1, 0.15) is 43.4 Å². The highest BCUT2D eigenvalue weighted by Crippen LogP contribution is 2.36. The number of aromatic nitrogens is 2. The van der Waals surface area contributed by atoms with Gasteiger partial charge in [0.2, 0.25) is 5.71 Å². The van der Waals surface area contributed by atoms with Crippen LogP contribution < -0.4 is 5.32 Å². The zero-order valence-corrected chi connectivity index (χ0v) is 13.4. The van der Waals surface area contributed by atoms with Crippen LogP contribution in [0.2, 0.25) is 0 Å². The van der Waals surface area contributed by atoms with E-state index in [9.17, 15) is 0 Å². The van der Waals surface area contributed by atoms with E-state index in [-0.39, 0.29) is 0 Å². The first-order valence-electron chi connectivity index (χ1n) is 8.40. The van der Waals surface area contributed by atoms with Gasteiger partial charge in [0, 0.05) is 24.1 Å². The molecule has 1 N–H and O–H groups in total. The predicted molar refractivity (Wildman–Crippen MR) is 87.2 cm³/mol. The standard InChI is InChI=1S/C17H24N4O/c1-21(2)12-8-6-11(7-9-12)20-16-15-13-4-3-5-14(13)22-17(15)19-10-18-16/h10-12H,3-9H2,1-2H3,(H,18,19,20). The first kappa shape index (κ1) is 14.0. The maximum atomic E-state index is 5.89. The first-order valence-corrected chi connectivity index (χ1v) is 8.40. The van der Waals surface area contributed by atoms with Gasteiger partial charge in [-0.25, -0.2) is 9.97 Å². The Kier molecular flexibility index (Phi) is 3.53. The van der Waals surface area contributed by atoms with Gasteiger partial charge in [0.05, 0.1) is 5.39 Å². The molecule has 5 heteroatoms. The number of hydrogen-bond acceptors (Lipinski definition) is 5. The summed E-state index contributed by atoms with van der Waals surface area (Å²) in [5.74, 6) is 2.10. The van der Waals surface area contributed by atoms with Crippen molar-refractivity contribution in [3.63, 3.8) is 0 Å². The van der Waals surface area contributed by atoms with Crippen LogP contribution in [0.4, 0.5) is 5.82 Å². The fourth-order valence-corrected chi connectivity index (χ4v) is 3.97.